The fourth-order valence-corrected chi connectivity index (χ4v) is 3.48. The smallest absolute Gasteiger partial charge is 0.341 e. The third kappa shape index (κ3) is 6.20. The number of aliphatic hydroxyl groups is 2. The van der Waals surface area contributed by atoms with E-state index < -0.39 is 30.1 Å². The molecule has 1 aliphatic rings. The Balaban J connectivity index is 2.33. The van der Waals surface area contributed by atoms with Crippen LogP contribution >= 0.6 is 0 Å². The van der Waals surface area contributed by atoms with E-state index in [4.69, 9.17) is 14.2 Å². The Hall–Kier alpha value is -0.690. The fraction of sp³-hybridized carbons (Fsp3) is 0.947. The topological polar surface area (TPSA) is 85.2 Å². The molecule has 0 unspecified atom stereocenters. The zero-order valence-corrected chi connectivity index (χ0v) is 16.0. The fourth-order valence-electron chi connectivity index (χ4n) is 3.48. The van der Waals surface area contributed by atoms with Crippen molar-refractivity contribution in [2.45, 2.75) is 102 Å². The Bertz CT molecular complexity index is 375. The van der Waals surface area contributed by atoms with Gasteiger partial charge < -0.3 is 24.4 Å². The van der Waals surface area contributed by atoms with E-state index in [0.717, 1.165) is 19.3 Å². The predicted molar refractivity (Wildman–Crippen MR) is 95.1 cm³/mol. The Labute approximate surface area is 151 Å². The summed E-state index contributed by atoms with van der Waals surface area (Å²) in [7, 11) is 2.62. The van der Waals surface area contributed by atoms with Gasteiger partial charge in [-0.05, 0) is 12.8 Å². The summed E-state index contributed by atoms with van der Waals surface area (Å²) in [5.41, 5.74) is -1.53. The summed E-state index contributed by atoms with van der Waals surface area (Å²) < 4.78 is 15.4. The van der Waals surface area contributed by atoms with Gasteiger partial charge in [0.15, 0.2) is 11.9 Å². The highest BCUT2D eigenvalue weighted by molar-refractivity contribution is 5.81. The number of esters is 1. The molecule has 1 aliphatic heterocycles. The summed E-state index contributed by atoms with van der Waals surface area (Å²) >= 11 is 0. The first kappa shape index (κ1) is 22.4. The molecule has 0 aromatic heterocycles. The number of hydrogen-bond donors (Lipinski definition) is 2. The van der Waals surface area contributed by atoms with Crippen LogP contribution in [0, 0.1) is 0 Å². The Morgan fingerprint density at radius 1 is 0.960 bits per heavy atom. The zero-order chi connectivity index (χ0) is 18.7. The number of ether oxygens (including phenoxy) is 3. The number of rotatable bonds is 13. The van der Waals surface area contributed by atoms with E-state index in [1.807, 2.05) is 0 Å². The SMILES string of the molecule is CCCCCCCCCCCC[C@@]1(C(=O)OC)O[C@H](OC)[C@@H](O)[C@@H]1O. The second-order valence-corrected chi connectivity index (χ2v) is 6.97. The number of carbonyl (C=O) groups excluding carboxylic acids is 1. The normalized spacial score (nSPS) is 29.1. The molecule has 6 heteroatoms. The van der Waals surface area contributed by atoms with Crippen LogP contribution in [0.1, 0.15) is 77.6 Å². The van der Waals surface area contributed by atoms with Gasteiger partial charge in [-0.15, -0.1) is 0 Å². The minimum absolute atomic E-state index is 0.314. The van der Waals surface area contributed by atoms with Crippen LogP contribution < -0.4 is 0 Å². The van der Waals surface area contributed by atoms with Crippen LogP contribution in [0.3, 0.4) is 0 Å². The van der Waals surface area contributed by atoms with Gasteiger partial charge in [-0.2, -0.15) is 0 Å². The molecule has 0 radical (unpaired) electrons. The van der Waals surface area contributed by atoms with Crippen molar-refractivity contribution in [3.8, 4) is 0 Å². The molecule has 148 valence electrons. The van der Waals surface area contributed by atoms with Gasteiger partial charge in [-0.1, -0.05) is 64.7 Å². The first-order valence-corrected chi connectivity index (χ1v) is 9.68. The highest BCUT2D eigenvalue weighted by Gasteiger charge is 2.59. The van der Waals surface area contributed by atoms with Crippen molar-refractivity contribution in [3.05, 3.63) is 0 Å². The van der Waals surface area contributed by atoms with Gasteiger partial charge in [0.1, 0.15) is 12.2 Å². The molecule has 0 spiro atoms. The molecular formula is C19H36O6. The first-order valence-electron chi connectivity index (χ1n) is 9.68. The summed E-state index contributed by atoms with van der Waals surface area (Å²) in [6.07, 6.45) is 8.43. The molecule has 6 nitrogen and oxygen atoms in total. The standard InChI is InChI=1S/C19H36O6/c1-4-5-6-7-8-9-10-11-12-13-14-19(18(22)24-3)16(21)15(20)17(23-2)25-19/h15-17,20-21H,4-14H2,1-3H3/t15-,16-,17-,19+/m0/s1. The van der Waals surface area contributed by atoms with Gasteiger partial charge in [0.2, 0.25) is 0 Å². The van der Waals surface area contributed by atoms with E-state index >= 15 is 0 Å². The maximum atomic E-state index is 12.2. The van der Waals surface area contributed by atoms with Gasteiger partial charge in [0.25, 0.3) is 0 Å². The van der Waals surface area contributed by atoms with Crippen molar-refractivity contribution in [1.82, 2.24) is 0 Å². The summed E-state index contributed by atoms with van der Waals surface area (Å²) in [4.78, 5) is 12.2. The Kier molecular flexibility index (Phi) is 10.6. The first-order chi connectivity index (χ1) is 12.0. The van der Waals surface area contributed by atoms with E-state index in [1.165, 1.54) is 59.2 Å². The third-order valence-corrected chi connectivity index (χ3v) is 5.07. The maximum absolute atomic E-state index is 12.2. The van der Waals surface area contributed by atoms with Crippen molar-refractivity contribution in [3.63, 3.8) is 0 Å². The lowest BCUT2D eigenvalue weighted by Crippen LogP contribution is -2.50. The average molecular weight is 360 g/mol. The van der Waals surface area contributed by atoms with Crippen LogP contribution in [-0.2, 0) is 19.0 Å². The number of methoxy groups -OCH3 is 2. The van der Waals surface area contributed by atoms with Gasteiger partial charge in [0, 0.05) is 7.11 Å². The lowest BCUT2D eigenvalue weighted by Gasteiger charge is -2.28. The Morgan fingerprint density at radius 3 is 1.92 bits per heavy atom. The van der Waals surface area contributed by atoms with Crippen molar-refractivity contribution in [2.75, 3.05) is 14.2 Å². The highest BCUT2D eigenvalue weighted by atomic mass is 16.7. The van der Waals surface area contributed by atoms with Crippen LogP contribution in [0.2, 0.25) is 0 Å². The highest BCUT2D eigenvalue weighted by Crippen LogP contribution is 2.37. The third-order valence-electron chi connectivity index (χ3n) is 5.07. The van der Waals surface area contributed by atoms with Crippen molar-refractivity contribution < 1.29 is 29.2 Å². The van der Waals surface area contributed by atoms with E-state index in [1.54, 1.807) is 0 Å². The summed E-state index contributed by atoms with van der Waals surface area (Å²) in [5, 5.41) is 20.3. The van der Waals surface area contributed by atoms with Crippen LogP contribution in [0.5, 0.6) is 0 Å². The van der Waals surface area contributed by atoms with Gasteiger partial charge >= 0.3 is 5.97 Å². The largest absolute Gasteiger partial charge is 0.467 e. The summed E-state index contributed by atoms with van der Waals surface area (Å²) in [6.45, 7) is 2.22. The second kappa shape index (κ2) is 11.8. The number of aliphatic hydroxyl groups excluding tert-OH is 2. The van der Waals surface area contributed by atoms with E-state index in [2.05, 4.69) is 6.92 Å². The molecule has 1 heterocycles. The van der Waals surface area contributed by atoms with Gasteiger partial charge in [-0.25, -0.2) is 4.79 Å². The lowest BCUT2D eigenvalue weighted by molar-refractivity contribution is -0.202. The van der Waals surface area contributed by atoms with Gasteiger partial charge in [-0.3, -0.25) is 0 Å². The minimum atomic E-state index is -1.53. The molecule has 1 fully saturated rings. The molecule has 0 bridgehead atoms. The number of unbranched alkanes of at least 4 members (excludes halogenated alkanes) is 9. The van der Waals surface area contributed by atoms with Crippen molar-refractivity contribution in [2.24, 2.45) is 0 Å². The molecule has 0 aromatic carbocycles. The van der Waals surface area contributed by atoms with E-state index in [0.29, 0.717) is 6.42 Å². The monoisotopic (exact) mass is 360 g/mol. The minimum Gasteiger partial charge on any atom is -0.467 e. The van der Waals surface area contributed by atoms with Crippen LogP contribution in [0.4, 0.5) is 0 Å². The lowest BCUT2D eigenvalue weighted by atomic mass is 9.89. The molecule has 0 saturated carbocycles. The maximum Gasteiger partial charge on any atom is 0.341 e. The molecule has 0 aromatic rings. The molecular weight excluding hydrogens is 324 g/mol. The molecule has 0 amide bonds. The predicted octanol–water partition coefficient (Wildman–Crippen LogP) is 2.93. The number of carbonyl (C=O) groups is 1. The quantitative estimate of drug-likeness (QED) is 0.388. The molecule has 2 N–H and O–H groups in total. The molecule has 4 atom stereocenters. The number of hydrogen-bond acceptors (Lipinski definition) is 6. The molecule has 25 heavy (non-hydrogen) atoms. The molecule has 0 aliphatic carbocycles. The van der Waals surface area contributed by atoms with Gasteiger partial charge in [0.05, 0.1) is 7.11 Å². The average Bonchev–Trinajstić information content (AvgIpc) is 2.88. The van der Waals surface area contributed by atoms with Crippen LogP contribution in [0.25, 0.3) is 0 Å². The zero-order valence-electron chi connectivity index (χ0n) is 16.0. The summed E-state index contributed by atoms with van der Waals surface area (Å²) in [5.74, 6) is -0.658. The Morgan fingerprint density at radius 2 is 1.48 bits per heavy atom. The summed E-state index contributed by atoms with van der Waals surface area (Å²) in [6, 6.07) is 0. The van der Waals surface area contributed by atoms with Crippen LogP contribution in [-0.4, -0.2) is 54.5 Å². The van der Waals surface area contributed by atoms with E-state index in [9.17, 15) is 15.0 Å². The van der Waals surface area contributed by atoms with Crippen LogP contribution in [0.15, 0.2) is 0 Å². The van der Waals surface area contributed by atoms with E-state index in [-0.39, 0.29) is 0 Å². The van der Waals surface area contributed by atoms with Crippen molar-refractivity contribution in [1.29, 1.82) is 0 Å². The van der Waals surface area contributed by atoms with Crippen molar-refractivity contribution >= 4 is 5.97 Å². The molecule has 1 rings (SSSR count). The molecule has 1 saturated heterocycles. The second-order valence-electron chi connectivity index (χ2n) is 6.97.